The topological polar surface area (TPSA) is 57.2 Å². The smallest absolute Gasteiger partial charge is 0.254 e. The molecule has 34 heavy (non-hydrogen) atoms. The van der Waals surface area contributed by atoms with E-state index >= 15 is 0 Å². The zero-order valence-electron chi connectivity index (χ0n) is 20.1. The van der Waals surface area contributed by atoms with Gasteiger partial charge in [0.25, 0.3) is 5.91 Å². The molecule has 0 saturated carbocycles. The van der Waals surface area contributed by atoms with Crippen LogP contribution >= 0.6 is 0 Å². The number of amides is 1. The van der Waals surface area contributed by atoms with Gasteiger partial charge in [-0.1, -0.05) is 6.07 Å². The van der Waals surface area contributed by atoms with E-state index in [0.717, 1.165) is 35.0 Å². The Morgan fingerprint density at radius 2 is 1.47 bits per heavy atom. The van der Waals surface area contributed by atoms with Crippen molar-refractivity contribution >= 4 is 5.91 Å². The van der Waals surface area contributed by atoms with Crippen molar-refractivity contribution < 1.29 is 23.7 Å². The van der Waals surface area contributed by atoms with Crippen LogP contribution in [0.2, 0.25) is 0 Å². The number of nitrogens with zero attached hydrogens (tertiary/aromatic N) is 1. The summed E-state index contributed by atoms with van der Waals surface area (Å²) in [6, 6.07) is 20.6. The molecule has 1 unspecified atom stereocenters. The van der Waals surface area contributed by atoms with E-state index < -0.39 is 0 Å². The predicted molar refractivity (Wildman–Crippen MR) is 131 cm³/mol. The van der Waals surface area contributed by atoms with Gasteiger partial charge < -0.3 is 23.8 Å². The molecule has 1 aliphatic rings. The Labute approximate surface area is 201 Å². The fraction of sp³-hybridized carbons (Fsp3) is 0.321. The van der Waals surface area contributed by atoms with Crippen LogP contribution in [0, 0.1) is 0 Å². The zero-order chi connectivity index (χ0) is 24.1. The Hall–Kier alpha value is -3.67. The third kappa shape index (κ3) is 5.28. The first kappa shape index (κ1) is 23.5. The van der Waals surface area contributed by atoms with Gasteiger partial charge in [0, 0.05) is 12.1 Å². The summed E-state index contributed by atoms with van der Waals surface area (Å²) in [7, 11) is 3.25. The lowest BCUT2D eigenvalue weighted by Crippen LogP contribution is -2.42. The fourth-order valence-electron chi connectivity index (χ4n) is 4.20. The minimum absolute atomic E-state index is 0.0286. The average molecular weight is 462 g/mol. The molecule has 1 amide bonds. The van der Waals surface area contributed by atoms with Crippen molar-refractivity contribution in [3.8, 4) is 23.0 Å². The van der Waals surface area contributed by atoms with Gasteiger partial charge in [-0.3, -0.25) is 4.79 Å². The van der Waals surface area contributed by atoms with Crippen molar-refractivity contribution in [3.63, 3.8) is 0 Å². The van der Waals surface area contributed by atoms with Gasteiger partial charge in [-0.15, -0.1) is 0 Å². The highest BCUT2D eigenvalue weighted by molar-refractivity contribution is 5.94. The van der Waals surface area contributed by atoms with E-state index in [1.807, 2.05) is 61.2 Å². The van der Waals surface area contributed by atoms with Crippen molar-refractivity contribution in [2.75, 3.05) is 27.4 Å². The quantitative estimate of drug-likeness (QED) is 0.455. The molecule has 1 atom stereocenters. The predicted octanol–water partition coefficient (Wildman–Crippen LogP) is 5.31. The van der Waals surface area contributed by atoms with Crippen molar-refractivity contribution in [3.05, 3.63) is 83.4 Å². The van der Waals surface area contributed by atoms with E-state index in [4.69, 9.17) is 18.9 Å². The standard InChI is InChI=1S/C28H31NO5/c1-19(2)34-25-13-14-26-21(17-25)15-16-29(28(30)20-5-7-22(31-3)8-6-20)27(26)18-33-24-11-9-23(32-4)10-12-24/h5-14,17,19,27H,15-16,18H2,1-4H3. The summed E-state index contributed by atoms with van der Waals surface area (Å²) in [4.78, 5) is 15.4. The van der Waals surface area contributed by atoms with Gasteiger partial charge in [0.1, 0.15) is 29.6 Å². The summed E-state index contributed by atoms with van der Waals surface area (Å²) in [6.07, 6.45) is 0.856. The first-order valence-corrected chi connectivity index (χ1v) is 11.5. The van der Waals surface area contributed by atoms with Crippen molar-refractivity contribution in [2.24, 2.45) is 0 Å². The number of benzene rings is 3. The summed E-state index contributed by atoms with van der Waals surface area (Å²) >= 11 is 0. The summed E-state index contributed by atoms with van der Waals surface area (Å²) in [5.41, 5.74) is 2.89. The van der Waals surface area contributed by atoms with E-state index in [1.165, 1.54) is 5.56 Å². The number of methoxy groups -OCH3 is 2. The fourth-order valence-corrected chi connectivity index (χ4v) is 4.20. The molecule has 0 N–H and O–H groups in total. The minimum atomic E-state index is -0.228. The van der Waals surface area contributed by atoms with Crippen LogP contribution in [0.5, 0.6) is 23.0 Å². The Kier molecular flexibility index (Phi) is 7.26. The monoisotopic (exact) mass is 461 g/mol. The summed E-state index contributed by atoms with van der Waals surface area (Å²) in [6.45, 7) is 4.96. The van der Waals surface area contributed by atoms with Gasteiger partial charge in [-0.25, -0.2) is 0 Å². The molecule has 3 aromatic rings. The maximum Gasteiger partial charge on any atom is 0.254 e. The SMILES string of the molecule is COc1ccc(OCC2c3ccc(OC(C)C)cc3CCN2C(=O)c2ccc(OC)cc2)cc1. The number of hydrogen-bond acceptors (Lipinski definition) is 5. The molecule has 1 heterocycles. The molecule has 178 valence electrons. The Bertz CT molecular complexity index is 1110. The normalized spacial score (nSPS) is 15.0. The average Bonchev–Trinajstić information content (AvgIpc) is 2.86. The molecule has 0 aromatic heterocycles. The Balaban J connectivity index is 1.61. The van der Waals surface area contributed by atoms with Crippen LogP contribution < -0.4 is 18.9 Å². The van der Waals surface area contributed by atoms with Crippen LogP contribution in [0.4, 0.5) is 0 Å². The van der Waals surface area contributed by atoms with Gasteiger partial charge in [-0.05, 0) is 92.1 Å². The maximum atomic E-state index is 13.5. The number of carbonyl (C=O) groups is 1. The van der Waals surface area contributed by atoms with E-state index in [1.54, 1.807) is 26.4 Å². The summed E-state index contributed by atoms with van der Waals surface area (Å²) in [5, 5.41) is 0. The number of ether oxygens (including phenoxy) is 4. The lowest BCUT2D eigenvalue weighted by Gasteiger charge is -2.37. The number of hydrogen-bond donors (Lipinski definition) is 0. The molecular formula is C28H31NO5. The number of rotatable bonds is 8. The van der Waals surface area contributed by atoms with Crippen LogP contribution in [0.3, 0.4) is 0 Å². The van der Waals surface area contributed by atoms with Crippen molar-refractivity contribution in [1.29, 1.82) is 0 Å². The first-order valence-electron chi connectivity index (χ1n) is 11.5. The highest BCUT2D eigenvalue weighted by Crippen LogP contribution is 2.34. The summed E-state index contributed by atoms with van der Waals surface area (Å²) < 4.78 is 22.5. The second-order valence-electron chi connectivity index (χ2n) is 8.51. The third-order valence-electron chi connectivity index (χ3n) is 5.91. The highest BCUT2D eigenvalue weighted by atomic mass is 16.5. The van der Waals surface area contributed by atoms with Gasteiger partial charge in [0.15, 0.2) is 0 Å². The van der Waals surface area contributed by atoms with Gasteiger partial charge >= 0.3 is 0 Å². The molecule has 1 aliphatic heterocycles. The maximum absolute atomic E-state index is 13.5. The largest absolute Gasteiger partial charge is 0.497 e. The molecule has 0 aliphatic carbocycles. The van der Waals surface area contributed by atoms with Crippen LogP contribution in [0.15, 0.2) is 66.7 Å². The first-order chi connectivity index (χ1) is 16.5. The lowest BCUT2D eigenvalue weighted by atomic mass is 9.92. The van der Waals surface area contributed by atoms with Crippen LogP contribution in [-0.4, -0.2) is 44.3 Å². The van der Waals surface area contributed by atoms with E-state index in [-0.39, 0.29) is 18.1 Å². The molecule has 0 radical (unpaired) electrons. The number of fused-ring (bicyclic) bond motifs is 1. The number of carbonyl (C=O) groups excluding carboxylic acids is 1. The second kappa shape index (κ2) is 10.5. The Morgan fingerprint density at radius 3 is 2.09 bits per heavy atom. The molecule has 0 saturated heterocycles. The molecular weight excluding hydrogens is 430 g/mol. The molecule has 6 heteroatoms. The third-order valence-corrected chi connectivity index (χ3v) is 5.91. The van der Waals surface area contributed by atoms with Gasteiger partial charge in [0.2, 0.25) is 0 Å². The van der Waals surface area contributed by atoms with E-state index in [2.05, 4.69) is 12.1 Å². The zero-order valence-corrected chi connectivity index (χ0v) is 20.1. The van der Waals surface area contributed by atoms with Crippen molar-refractivity contribution in [1.82, 2.24) is 4.90 Å². The molecule has 4 rings (SSSR count). The minimum Gasteiger partial charge on any atom is -0.497 e. The van der Waals surface area contributed by atoms with Crippen LogP contribution in [0.25, 0.3) is 0 Å². The van der Waals surface area contributed by atoms with Crippen LogP contribution in [0.1, 0.15) is 41.4 Å². The molecule has 0 bridgehead atoms. The van der Waals surface area contributed by atoms with Crippen molar-refractivity contribution in [2.45, 2.75) is 32.4 Å². The molecule has 3 aromatic carbocycles. The van der Waals surface area contributed by atoms with Gasteiger partial charge in [0.05, 0.1) is 26.4 Å². The van der Waals surface area contributed by atoms with E-state index in [0.29, 0.717) is 18.7 Å². The van der Waals surface area contributed by atoms with Gasteiger partial charge in [-0.2, -0.15) is 0 Å². The highest BCUT2D eigenvalue weighted by Gasteiger charge is 2.32. The second-order valence-corrected chi connectivity index (χ2v) is 8.51. The molecule has 0 fully saturated rings. The molecule has 6 nitrogen and oxygen atoms in total. The van der Waals surface area contributed by atoms with Crippen LogP contribution in [-0.2, 0) is 6.42 Å². The lowest BCUT2D eigenvalue weighted by molar-refractivity contribution is 0.0589. The summed E-state index contributed by atoms with van der Waals surface area (Å²) in [5.74, 6) is 3.03. The Morgan fingerprint density at radius 1 is 0.882 bits per heavy atom. The molecule has 0 spiro atoms. The van der Waals surface area contributed by atoms with E-state index in [9.17, 15) is 4.79 Å².